The van der Waals surface area contributed by atoms with Gasteiger partial charge < -0.3 is 16.0 Å². The lowest BCUT2D eigenvalue weighted by Crippen LogP contribution is -2.17. The largest absolute Gasteiger partial charge is 0.385 e. The summed E-state index contributed by atoms with van der Waals surface area (Å²) in [5.74, 6) is -0.640. The molecule has 3 rings (SSSR count). The van der Waals surface area contributed by atoms with E-state index in [0.717, 1.165) is 60.3 Å². The van der Waals surface area contributed by atoms with Crippen LogP contribution in [0.5, 0.6) is 0 Å². The van der Waals surface area contributed by atoms with E-state index in [1.807, 2.05) is 19.1 Å². The summed E-state index contributed by atoms with van der Waals surface area (Å²) in [6.07, 6.45) is 2.49. The third kappa shape index (κ3) is 6.65. The van der Waals surface area contributed by atoms with Gasteiger partial charge in [0.1, 0.15) is 5.82 Å². The van der Waals surface area contributed by atoms with Crippen LogP contribution in [0.2, 0.25) is 0 Å². The molecule has 0 fully saturated rings. The van der Waals surface area contributed by atoms with Gasteiger partial charge in [0, 0.05) is 30.4 Å². The van der Waals surface area contributed by atoms with Crippen molar-refractivity contribution in [1.82, 2.24) is 10.3 Å². The number of halogens is 1. The molecule has 2 aromatic carbocycles. The lowest BCUT2D eigenvalue weighted by Gasteiger charge is -2.15. The first-order valence-corrected chi connectivity index (χ1v) is 12.7. The minimum Gasteiger partial charge on any atom is -0.385 e. The van der Waals surface area contributed by atoms with E-state index < -0.39 is 15.8 Å². The second-order valence-electron chi connectivity index (χ2n) is 7.23. The molecular formula is C22H28FN5O2S2. The number of sulfonamides is 1. The lowest BCUT2D eigenvalue weighted by molar-refractivity contribution is 0.596. The third-order valence-electron chi connectivity index (χ3n) is 4.74. The Kier molecular flexibility index (Phi) is 8.43. The van der Waals surface area contributed by atoms with Gasteiger partial charge in [-0.05, 0) is 61.8 Å². The number of aromatic nitrogens is 1. The van der Waals surface area contributed by atoms with Crippen molar-refractivity contribution in [3.05, 3.63) is 64.9 Å². The van der Waals surface area contributed by atoms with Crippen LogP contribution in [-0.4, -0.2) is 33.0 Å². The van der Waals surface area contributed by atoms with E-state index in [1.165, 1.54) is 18.3 Å². The van der Waals surface area contributed by atoms with Gasteiger partial charge in [-0.2, -0.15) is 0 Å². The minimum absolute atomic E-state index is 0.158. The molecule has 3 aromatic rings. The first-order chi connectivity index (χ1) is 15.4. The van der Waals surface area contributed by atoms with Crippen LogP contribution in [0.25, 0.3) is 0 Å². The van der Waals surface area contributed by atoms with Gasteiger partial charge in [0.2, 0.25) is 0 Å². The number of hydrogen-bond acceptors (Lipinski definition) is 7. The predicted octanol–water partition coefficient (Wildman–Crippen LogP) is 4.42. The quantitative estimate of drug-likeness (QED) is 0.289. The molecule has 0 aliphatic carbocycles. The van der Waals surface area contributed by atoms with Gasteiger partial charge in [0.15, 0.2) is 5.13 Å². The maximum Gasteiger partial charge on any atom is 0.263 e. The van der Waals surface area contributed by atoms with Crippen LogP contribution < -0.4 is 20.7 Å². The summed E-state index contributed by atoms with van der Waals surface area (Å²) in [5, 5.41) is 11.7. The van der Waals surface area contributed by atoms with Crippen molar-refractivity contribution < 1.29 is 12.8 Å². The van der Waals surface area contributed by atoms with Crippen molar-refractivity contribution >= 4 is 37.9 Å². The third-order valence-corrected chi connectivity index (χ3v) is 6.89. The van der Waals surface area contributed by atoms with E-state index in [1.54, 1.807) is 5.38 Å². The molecule has 10 heteroatoms. The fourth-order valence-corrected chi connectivity index (χ4v) is 4.87. The van der Waals surface area contributed by atoms with Crippen LogP contribution >= 0.6 is 11.3 Å². The highest BCUT2D eigenvalue weighted by Crippen LogP contribution is 2.24. The maximum atomic E-state index is 14.7. The molecule has 0 amide bonds. The van der Waals surface area contributed by atoms with Gasteiger partial charge >= 0.3 is 0 Å². The van der Waals surface area contributed by atoms with E-state index in [9.17, 15) is 12.8 Å². The summed E-state index contributed by atoms with van der Waals surface area (Å²) in [5.41, 5.74) is 3.37. The molecule has 0 aliphatic heterocycles. The summed E-state index contributed by atoms with van der Waals surface area (Å²) < 4.78 is 41.9. The average molecular weight is 478 g/mol. The van der Waals surface area contributed by atoms with Crippen molar-refractivity contribution in [2.45, 2.75) is 31.7 Å². The van der Waals surface area contributed by atoms with E-state index in [2.05, 4.69) is 38.6 Å². The standard InChI is InChI=1S/C22H28FN5O2S2/c1-3-24-9-4-10-25-21-13-16(2)5-6-17(21)15-27-20-8-7-18(14-19(20)23)32(29,30)28-22-26-11-12-31-22/h5-8,11-14,24-25,27H,3-4,9-10,15H2,1-2H3,(H,26,28). The number of nitrogens with one attached hydrogen (secondary N) is 4. The molecule has 0 bridgehead atoms. The van der Waals surface area contributed by atoms with E-state index in [0.29, 0.717) is 6.54 Å². The van der Waals surface area contributed by atoms with Crippen molar-refractivity contribution in [2.24, 2.45) is 0 Å². The van der Waals surface area contributed by atoms with Crippen LogP contribution in [0.1, 0.15) is 24.5 Å². The number of rotatable bonds is 12. The van der Waals surface area contributed by atoms with Gasteiger partial charge in [0.05, 0.1) is 10.6 Å². The Balaban J connectivity index is 1.65. The summed E-state index contributed by atoms with van der Waals surface area (Å²) in [6.45, 7) is 7.23. The number of hydrogen-bond donors (Lipinski definition) is 4. The van der Waals surface area contributed by atoms with Crippen molar-refractivity contribution in [3.63, 3.8) is 0 Å². The SMILES string of the molecule is CCNCCCNc1cc(C)ccc1CNc1ccc(S(=O)(=O)Nc2nccs2)cc1F. The number of anilines is 3. The molecule has 0 spiro atoms. The highest BCUT2D eigenvalue weighted by Gasteiger charge is 2.17. The fourth-order valence-electron chi connectivity index (χ4n) is 3.07. The molecule has 7 nitrogen and oxygen atoms in total. The zero-order valence-electron chi connectivity index (χ0n) is 18.1. The minimum atomic E-state index is -3.90. The first-order valence-electron chi connectivity index (χ1n) is 10.4. The molecule has 0 saturated heterocycles. The van der Waals surface area contributed by atoms with Crippen molar-refractivity contribution in [2.75, 3.05) is 35.0 Å². The summed E-state index contributed by atoms with van der Waals surface area (Å²) in [6, 6.07) is 9.90. The van der Waals surface area contributed by atoms with E-state index in [4.69, 9.17) is 0 Å². The maximum absolute atomic E-state index is 14.7. The summed E-state index contributed by atoms with van der Waals surface area (Å²) in [4.78, 5) is 3.73. The summed E-state index contributed by atoms with van der Waals surface area (Å²) in [7, 11) is -3.90. The highest BCUT2D eigenvalue weighted by atomic mass is 32.2. The smallest absolute Gasteiger partial charge is 0.263 e. The average Bonchev–Trinajstić information content (AvgIpc) is 3.26. The molecule has 0 saturated carbocycles. The van der Waals surface area contributed by atoms with Gasteiger partial charge in [0.25, 0.3) is 10.0 Å². The van der Waals surface area contributed by atoms with Gasteiger partial charge in [-0.3, -0.25) is 4.72 Å². The highest BCUT2D eigenvalue weighted by molar-refractivity contribution is 7.93. The van der Waals surface area contributed by atoms with Crippen LogP contribution in [-0.2, 0) is 16.6 Å². The van der Waals surface area contributed by atoms with Gasteiger partial charge in [-0.25, -0.2) is 17.8 Å². The molecule has 0 aliphatic rings. The number of thiazole rings is 1. The first kappa shape index (κ1) is 24.0. The number of nitrogens with zero attached hydrogens (tertiary/aromatic N) is 1. The molecule has 0 radical (unpaired) electrons. The summed E-state index contributed by atoms with van der Waals surface area (Å²) >= 11 is 1.15. The van der Waals surface area contributed by atoms with Crippen molar-refractivity contribution in [1.29, 1.82) is 0 Å². The van der Waals surface area contributed by atoms with Gasteiger partial charge in [-0.15, -0.1) is 11.3 Å². The fraction of sp³-hybridized carbons (Fsp3) is 0.318. The molecule has 0 atom stereocenters. The predicted molar refractivity (Wildman–Crippen MR) is 129 cm³/mol. The Bertz CT molecular complexity index is 1120. The van der Waals surface area contributed by atoms with Crippen LogP contribution in [0.3, 0.4) is 0 Å². The lowest BCUT2D eigenvalue weighted by atomic mass is 10.1. The zero-order chi connectivity index (χ0) is 23.0. The monoisotopic (exact) mass is 477 g/mol. The van der Waals surface area contributed by atoms with E-state index >= 15 is 0 Å². The van der Waals surface area contributed by atoms with E-state index in [-0.39, 0.29) is 15.7 Å². The molecular weight excluding hydrogens is 449 g/mol. The molecule has 0 unspecified atom stereocenters. The van der Waals surface area contributed by atoms with Crippen LogP contribution in [0.4, 0.5) is 20.9 Å². The Morgan fingerprint density at radius 2 is 1.91 bits per heavy atom. The van der Waals surface area contributed by atoms with Crippen molar-refractivity contribution in [3.8, 4) is 0 Å². The zero-order valence-corrected chi connectivity index (χ0v) is 19.7. The second-order valence-corrected chi connectivity index (χ2v) is 9.81. The van der Waals surface area contributed by atoms with Crippen LogP contribution in [0.15, 0.2) is 52.9 Å². The molecule has 1 heterocycles. The Morgan fingerprint density at radius 3 is 2.62 bits per heavy atom. The number of aryl methyl sites for hydroxylation is 1. The molecule has 172 valence electrons. The van der Waals surface area contributed by atoms with Crippen LogP contribution in [0, 0.1) is 12.7 Å². The van der Waals surface area contributed by atoms with Gasteiger partial charge in [-0.1, -0.05) is 19.1 Å². The Hall–Kier alpha value is -2.69. The Morgan fingerprint density at radius 1 is 1.06 bits per heavy atom. The molecule has 4 N–H and O–H groups in total. The topological polar surface area (TPSA) is 95.1 Å². The number of benzene rings is 2. The molecule has 32 heavy (non-hydrogen) atoms. The molecule has 1 aromatic heterocycles. The normalized spacial score (nSPS) is 11.3. The second kappa shape index (κ2) is 11.3. The Labute approximate surface area is 192 Å².